The monoisotopic (exact) mass is 455 g/mol. The van der Waals surface area contributed by atoms with E-state index in [0.717, 1.165) is 17.2 Å². The van der Waals surface area contributed by atoms with Gasteiger partial charge in [-0.05, 0) is 67.4 Å². The van der Waals surface area contributed by atoms with Crippen LogP contribution in [0, 0.1) is 19.7 Å². The van der Waals surface area contributed by atoms with Gasteiger partial charge in [0.25, 0.3) is 5.91 Å². The van der Waals surface area contributed by atoms with Gasteiger partial charge in [-0.2, -0.15) is 0 Å². The molecule has 7 heteroatoms. The van der Waals surface area contributed by atoms with Gasteiger partial charge < -0.3 is 14.2 Å². The first-order chi connectivity index (χ1) is 16.3. The standard InChI is InChI=1S/C27H18FNO5/c1-14-11-15(2)23-19(30)13-22(33-21(23)12-14)27(32)29-24-18-5-3-4-6-20(18)34-26(24)25(31)16-7-9-17(28)10-8-16/h3-13H,1-2H3,(H,29,32). The van der Waals surface area contributed by atoms with Crippen LogP contribution in [0.1, 0.15) is 37.8 Å². The topological polar surface area (TPSA) is 89.5 Å². The Hall–Kier alpha value is -4.52. The largest absolute Gasteiger partial charge is 0.451 e. The van der Waals surface area contributed by atoms with Gasteiger partial charge in [-0.3, -0.25) is 14.4 Å². The number of para-hydroxylation sites is 1. The van der Waals surface area contributed by atoms with Crippen LogP contribution in [-0.4, -0.2) is 11.7 Å². The van der Waals surface area contributed by atoms with E-state index in [1.165, 1.54) is 24.3 Å². The van der Waals surface area contributed by atoms with E-state index in [-0.39, 0.29) is 28.2 Å². The molecule has 0 atom stereocenters. The fraction of sp³-hybridized carbons (Fsp3) is 0.0741. The number of amides is 1. The summed E-state index contributed by atoms with van der Waals surface area (Å²) in [7, 11) is 0. The molecule has 34 heavy (non-hydrogen) atoms. The van der Waals surface area contributed by atoms with Crippen molar-refractivity contribution in [3.05, 3.63) is 111 Å². The van der Waals surface area contributed by atoms with Crippen LogP contribution in [-0.2, 0) is 0 Å². The van der Waals surface area contributed by atoms with Crippen LogP contribution < -0.4 is 10.7 Å². The molecule has 0 spiro atoms. The Bertz CT molecular complexity index is 1660. The minimum atomic E-state index is -0.710. The minimum Gasteiger partial charge on any atom is -0.451 e. The average Bonchev–Trinajstić information content (AvgIpc) is 3.16. The predicted octanol–water partition coefficient (Wildman–Crippen LogP) is 5.78. The number of benzene rings is 3. The Morgan fingerprint density at radius 2 is 1.62 bits per heavy atom. The molecule has 0 radical (unpaired) electrons. The maximum absolute atomic E-state index is 13.3. The van der Waals surface area contributed by atoms with Gasteiger partial charge in [0.15, 0.2) is 16.9 Å². The van der Waals surface area contributed by atoms with Gasteiger partial charge in [-0.1, -0.05) is 18.2 Å². The molecule has 3 aromatic carbocycles. The van der Waals surface area contributed by atoms with E-state index < -0.39 is 17.5 Å². The molecule has 5 rings (SSSR count). The second-order valence-electron chi connectivity index (χ2n) is 8.02. The molecule has 1 N–H and O–H groups in total. The van der Waals surface area contributed by atoms with Crippen molar-refractivity contribution in [3.63, 3.8) is 0 Å². The smallest absolute Gasteiger partial charge is 0.291 e. The molecule has 0 unspecified atom stereocenters. The molecule has 5 aromatic rings. The second kappa shape index (κ2) is 8.12. The number of carbonyl (C=O) groups excluding carboxylic acids is 2. The summed E-state index contributed by atoms with van der Waals surface area (Å²) in [6, 6.07) is 16.5. The first-order valence-corrected chi connectivity index (χ1v) is 10.5. The zero-order chi connectivity index (χ0) is 24.0. The summed E-state index contributed by atoms with van der Waals surface area (Å²) in [6.07, 6.45) is 0. The maximum Gasteiger partial charge on any atom is 0.291 e. The number of carbonyl (C=O) groups is 2. The molecule has 2 heterocycles. The zero-order valence-electron chi connectivity index (χ0n) is 18.3. The molecule has 168 valence electrons. The first-order valence-electron chi connectivity index (χ1n) is 10.5. The number of hydrogen-bond acceptors (Lipinski definition) is 5. The van der Waals surface area contributed by atoms with Crippen LogP contribution in [0.4, 0.5) is 10.1 Å². The van der Waals surface area contributed by atoms with Crippen molar-refractivity contribution < 1.29 is 22.8 Å². The normalized spacial score (nSPS) is 11.1. The fourth-order valence-electron chi connectivity index (χ4n) is 4.01. The molecule has 0 fully saturated rings. The van der Waals surface area contributed by atoms with Crippen LogP contribution in [0.2, 0.25) is 0 Å². The minimum absolute atomic E-state index is 0.115. The van der Waals surface area contributed by atoms with E-state index in [1.807, 2.05) is 13.0 Å². The molecular weight excluding hydrogens is 437 g/mol. The highest BCUT2D eigenvalue weighted by Crippen LogP contribution is 2.33. The van der Waals surface area contributed by atoms with Crippen LogP contribution in [0.15, 0.2) is 80.4 Å². The van der Waals surface area contributed by atoms with Crippen molar-refractivity contribution in [2.75, 3.05) is 5.32 Å². The Balaban J connectivity index is 1.59. The summed E-state index contributed by atoms with van der Waals surface area (Å²) in [4.78, 5) is 39.0. The molecule has 0 aliphatic carbocycles. The average molecular weight is 455 g/mol. The number of rotatable bonds is 4. The highest BCUT2D eigenvalue weighted by Gasteiger charge is 2.25. The quantitative estimate of drug-likeness (QED) is 0.347. The molecule has 0 saturated heterocycles. The first kappa shape index (κ1) is 21.3. The van der Waals surface area contributed by atoms with Crippen molar-refractivity contribution in [3.8, 4) is 0 Å². The van der Waals surface area contributed by atoms with E-state index in [4.69, 9.17) is 8.83 Å². The van der Waals surface area contributed by atoms with E-state index in [9.17, 15) is 18.8 Å². The molecule has 0 bridgehead atoms. The van der Waals surface area contributed by atoms with Gasteiger partial charge in [0, 0.05) is 17.0 Å². The lowest BCUT2D eigenvalue weighted by Crippen LogP contribution is -2.17. The van der Waals surface area contributed by atoms with Crippen molar-refractivity contribution in [2.45, 2.75) is 13.8 Å². The van der Waals surface area contributed by atoms with E-state index in [1.54, 1.807) is 37.3 Å². The van der Waals surface area contributed by atoms with Gasteiger partial charge in [0.1, 0.15) is 17.0 Å². The zero-order valence-corrected chi connectivity index (χ0v) is 18.3. The number of nitrogens with one attached hydrogen (secondary N) is 1. The number of ketones is 1. The molecule has 0 aliphatic heterocycles. The third-order valence-corrected chi connectivity index (χ3v) is 5.54. The second-order valence-corrected chi connectivity index (χ2v) is 8.02. The number of hydrogen-bond donors (Lipinski definition) is 1. The highest BCUT2D eigenvalue weighted by molar-refractivity contribution is 6.18. The van der Waals surface area contributed by atoms with Crippen LogP contribution in [0.3, 0.4) is 0 Å². The number of anilines is 1. The van der Waals surface area contributed by atoms with Gasteiger partial charge >= 0.3 is 0 Å². The van der Waals surface area contributed by atoms with Crippen LogP contribution in [0.25, 0.3) is 21.9 Å². The summed E-state index contributed by atoms with van der Waals surface area (Å²) >= 11 is 0. The number of furan rings is 1. The molecule has 0 aliphatic rings. The summed E-state index contributed by atoms with van der Waals surface area (Å²) in [6.45, 7) is 3.67. The van der Waals surface area contributed by atoms with Gasteiger partial charge in [-0.25, -0.2) is 4.39 Å². The van der Waals surface area contributed by atoms with E-state index in [2.05, 4.69) is 5.32 Å². The molecule has 0 saturated carbocycles. The van der Waals surface area contributed by atoms with Gasteiger partial charge in [0.2, 0.25) is 5.78 Å². The number of fused-ring (bicyclic) bond motifs is 2. The van der Waals surface area contributed by atoms with Crippen molar-refractivity contribution in [1.82, 2.24) is 0 Å². The third kappa shape index (κ3) is 3.67. The molecular formula is C27H18FNO5. The lowest BCUT2D eigenvalue weighted by Gasteiger charge is -2.08. The molecule has 6 nitrogen and oxygen atoms in total. The Kier molecular flexibility index (Phi) is 5.09. The van der Waals surface area contributed by atoms with Gasteiger partial charge in [0.05, 0.1) is 11.1 Å². The molecule has 1 amide bonds. The summed E-state index contributed by atoms with van der Waals surface area (Å²) in [5, 5.41) is 3.57. The van der Waals surface area contributed by atoms with Crippen LogP contribution in [0.5, 0.6) is 0 Å². The fourth-order valence-corrected chi connectivity index (χ4v) is 4.01. The lowest BCUT2D eigenvalue weighted by molar-refractivity contribution is 0.0997. The number of aryl methyl sites for hydroxylation is 2. The SMILES string of the molecule is Cc1cc(C)c2c(=O)cc(C(=O)Nc3c(C(=O)c4ccc(F)cc4)oc4ccccc34)oc2c1. The predicted molar refractivity (Wildman–Crippen MR) is 126 cm³/mol. The Morgan fingerprint density at radius 3 is 2.38 bits per heavy atom. The summed E-state index contributed by atoms with van der Waals surface area (Å²) < 4.78 is 24.8. The van der Waals surface area contributed by atoms with Crippen molar-refractivity contribution in [2.24, 2.45) is 0 Å². The van der Waals surface area contributed by atoms with Crippen molar-refractivity contribution >= 4 is 39.3 Å². The van der Waals surface area contributed by atoms with E-state index >= 15 is 0 Å². The lowest BCUT2D eigenvalue weighted by atomic mass is 10.1. The van der Waals surface area contributed by atoms with E-state index in [0.29, 0.717) is 21.9 Å². The van der Waals surface area contributed by atoms with Crippen LogP contribution >= 0.6 is 0 Å². The Labute approximate surface area is 192 Å². The summed E-state index contributed by atoms with van der Waals surface area (Å²) in [5.41, 5.74) is 2.31. The summed E-state index contributed by atoms with van der Waals surface area (Å²) in [5.74, 6) is -2.04. The highest BCUT2D eigenvalue weighted by atomic mass is 19.1. The Morgan fingerprint density at radius 1 is 0.882 bits per heavy atom. The maximum atomic E-state index is 13.3. The molecule has 2 aromatic heterocycles. The van der Waals surface area contributed by atoms with Crippen molar-refractivity contribution in [1.29, 1.82) is 0 Å². The van der Waals surface area contributed by atoms with Gasteiger partial charge in [-0.15, -0.1) is 0 Å². The third-order valence-electron chi connectivity index (χ3n) is 5.54. The number of halogens is 1.